The van der Waals surface area contributed by atoms with Crippen molar-refractivity contribution in [1.82, 2.24) is 9.80 Å². The van der Waals surface area contributed by atoms with Gasteiger partial charge in [-0.15, -0.1) is 0 Å². The van der Waals surface area contributed by atoms with Crippen LogP contribution in [0.4, 0.5) is 30.6 Å². The standard InChI is InChI=1S/C31H42N2O6.C31H40N2O6/c2*1-29(2,3)38-27(35)32-23-16-14-21(15-17-23)20-24(34)18-19-25-26(22-12-10-9-11-13-22)37-31(7,8)33(25)28(36)39-30(4,5)6/h9-17,25-26H,18-20H2,1-8H3,(H,32,35);9-19,25-26H,20H2,1-8H3,(H,32,35)/b;19-18+/t2*25-,26-/m11/s1. The number of ketones is 2. The Morgan fingerprint density at radius 2 is 0.897 bits per heavy atom. The Bertz CT molecular complexity index is 2710. The second kappa shape index (κ2) is 25.2. The summed E-state index contributed by atoms with van der Waals surface area (Å²) >= 11 is 0. The number of amides is 4. The first-order valence-electron chi connectivity index (χ1n) is 26.5. The molecule has 16 nitrogen and oxygen atoms in total. The Labute approximate surface area is 461 Å². The van der Waals surface area contributed by atoms with Gasteiger partial charge in [0.05, 0.1) is 12.1 Å². The molecule has 0 spiro atoms. The molecule has 2 fully saturated rings. The third-order valence-corrected chi connectivity index (χ3v) is 11.9. The monoisotopic (exact) mass is 1070 g/mol. The molecule has 4 aromatic rings. The summed E-state index contributed by atoms with van der Waals surface area (Å²) < 4.78 is 34.7. The summed E-state index contributed by atoms with van der Waals surface area (Å²) in [5.74, 6) is -0.0907. The summed E-state index contributed by atoms with van der Waals surface area (Å²) in [5, 5.41) is 5.37. The van der Waals surface area contributed by atoms with Gasteiger partial charge in [0.25, 0.3) is 0 Å². The minimum Gasteiger partial charge on any atom is -0.444 e. The fraction of sp³-hybridized carbons (Fsp3) is 0.484. The third kappa shape index (κ3) is 19.2. The van der Waals surface area contributed by atoms with Crippen molar-refractivity contribution < 1.29 is 57.2 Å². The number of ether oxygens (including phenoxy) is 6. The minimum absolute atomic E-state index is 0.0449. The number of rotatable bonds is 13. The van der Waals surface area contributed by atoms with Crippen LogP contribution in [0, 0.1) is 0 Å². The highest BCUT2D eigenvalue weighted by atomic mass is 16.6. The Hall–Kier alpha value is -7.04. The van der Waals surface area contributed by atoms with E-state index in [0.717, 1.165) is 22.3 Å². The first kappa shape index (κ1) is 61.8. The molecular formula is C62H82N4O12. The van der Waals surface area contributed by atoms with E-state index >= 15 is 0 Å². The molecule has 0 radical (unpaired) electrons. The highest BCUT2D eigenvalue weighted by Crippen LogP contribution is 2.45. The lowest BCUT2D eigenvalue weighted by Crippen LogP contribution is -2.50. The molecule has 2 aliphatic rings. The van der Waals surface area contributed by atoms with Crippen LogP contribution in [0.5, 0.6) is 0 Å². The molecule has 0 bridgehead atoms. The smallest absolute Gasteiger partial charge is 0.413 e. The molecule has 0 unspecified atom stereocenters. The Balaban J connectivity index is 0.000000287. The van der Waals surface area contributed by atoms with E-state index in [2.05, 4.69) is 10.6 Å². The molecule has 16 heteroatoms. The molecule has 4 aromatic carbocycles. The number of anilines is 2. The van der Waals surface area contributed by atoms with Gasteiger partial charge in [-0.25, -0.2) is 19.2 Å². The van der Waals surface area contributed by atoms with E-state index in [1.165, 1.54) is 6.08 Å². The number of allylic oxidation sites excluding steroid dienone is 1. The molecule has 0 aromatic heterocycles. The fourth-order valence-electron chi connectivity index (χ4n) is 8.89. The van der Waals surface area contributed by atoms with E-state index in [9.17, 15) is 28.8 Å². The average Bonchev–Trinajstić information content (AvgIpc) is 3.79. The highest BCUT2D eigenvalue weighted by molar-refractivity contribution is 5.92. The molecule has 0 saturated carbocycles. The van der Waals surface area contributed by atoms with Crippen molar-refractivity contribution in [3.63, 3.8) is 0 Å². The zero-order chi connectivity index (χ0) is 58.0. The number of nitrogens with one attached hydrogen (secondary N) is 2. The SMILES string of the molecule is CC(C)(C)OC(=O)Nc1ccc(CC(=O)/C=C/[C@@H]2[C@@H](c3ccccc3)OC(C)(C)N2C(=O)OC(C)(C)C)cc1.CC(C)(C)OC(=O)Nc1ccc(CC(=O)CC[C@@H]2[C@@H](c3ccccc3)OC(C)(C)N2C(=O)OC(C)(C)C)cc1. The van der Waals surface area contributed by atoms with Gasteiger partial charge < -0.3 is 28.4 Å². The average molecular weight is 1080 g/mol. The van der Waals surface area contributed by atoms with Gasteiger partial charge in [-0.1, -0.05) is 91.0 Å². The maximum atomic E-state index is 13.3. The van der Waals surface area contributed by atoms with Crippen LogP contribution in [0.3, 0.4) is 0 Å². The first-order chi connectivity index (χ1) is 36.1. The van der Waals surface area contributed by atoms with Gasteiger partial charge in [0.15, 0.2) is 5.78 Å². The van der Waals surface area contributed by atoms with Crippen molar-refractivity contribution in [2.75, 3.05) is 10.6 Å². The number of benzene rings is 4. The van der Waals surface area contributed by atoms with Gasteiger partial charge in [0, 0.05) is 30.6 Å². The Kier molecular flexibility index (Phi) is 19.9. The molecule has 6 rings (SSSR count). The number of hydrogen-bond acceptors (Lipinski definition) is 12. The van der Waals surface area contributed by atoms with Crippen LogP contribution in [-0.2, 0) is 50.9 Å². The van der Waals surface area contributed by atoms with Gasteiger partial charge in [-0.05, 0) is 170 Å². The van der Waals surface area contributed by atoms with E-state index in [1.807, 2.05) is 142 Å². The van der Waals surface area contributed by atoms with E-state index in [0.29, 0.717) is 17.8 Å². The number of nitrogens with zero attached hydrogens (tertiary/aromatic N) is 2. The van der Waals surface area contributed by atoms with E-state index in [1.54, 1.807) is 93.8 Å². The molecule has 2 aliphatic heterocycles. The normalized spacial score (nSPS) is 19.0. The van der Waals surface area contributed by atoms with Crippen molar-refractivity contribution in [2.45, 2.75) is 195 Å². The van der Waals surface area contributed by atoms with E-state index < -0.39 is 70.4 Å². The van der Waals surface area contributed by atoms with Crippen LogP contribution in [0.2, 0.25) is 0 Å². The van der Waals surface area contributed by atoms with Crippen LogP contribution < -0.4 is 10.6 Å². The lowest BCUT2D eigenvalue weighted by Gasteiger charge is -2.35. The second-order valence-electron chi connectivity index (χ2n) is 24.5. The molecule has 78 heavy (non-hydrogen) atoms. The second-order valence-corrected chi connectivity index (χ2v) is 24.5. The maximum absolute atomic E-state index is 13.3. The quantitative estimate of drug-likeness (QED) is 0.0954. The maximum Gasteiger partial charge on any atom is 0.413 e. The molecular weight excluding hydrogens is 993 g/mol. The van der Waals surface area contributed by atoms with Crippen LogP contribution in [0.1, 0.15) is 158 Å². The number of hydrogen-bond donors (Lipinski definition) is 2. The minimum atomic E-state index is -0.960. The summed E-state index contributed by atoms with van der Waals surface area (Å²) in [7, 11) is 0. The molecule has 4 amide bonds. The van der Waals surface area contributed by atoms with Crippen LogP contribution in [-0.4, -0.2) is 91.7 Å². The molecule has 2 N–H and O–H groups in total. The fourth-order valence-corrected chi connectivity index (χ4v) is 8.89. The zero-order valence-electron chi connectivity index (χ0n) is 48.5. The van der Waals surface area contributed by atoms with Crippen LogP contribution in [0.15, 0.2) is 121 Å². The summed E-state index contributed by atoms with van der Waals surface area (Å²) in [6.07, 6.45) is 1.40. The van der Waals surface area contributed by atoms with Gasteiger partial charge in [-0.2, -0.15) is 0 Å². The lowest BCUT2D eigenvalue weighted by atomic mass is 9.95. The van der Waals surface area contributed by atoms with Gasteiger partial charge >= 0.3 is 24.4 Å². The van der Waals surface area contributed by atoms with Crippen molar-refractivity contribution in [2.24, 2.45) is 0 Å². The largest absolute Gasteiger partial charge is 0.444 e. The van der Waals surface area contributed by atoms with Crippen LogP contribution >= 0.6 is 0 Å². The van der Waals surface area contributed by atoms with Crippen molar-refractivity contribution in [3.8, 4) is 0 Å². The first-order valence-corrected chi connectivity index (χ1v) is 26.5. The summed E-state index contributed by atoms with van der Waals surface area (Å²) in [6, 6.07) is 32.6. The summed E-state index contributed by atoms with van der Waals surface area (Å²) in [5.41, 5.74) is 0.210. The zero-order valence-corrected chi connectivity index (χ0v) is 48.5. The van der Waals surface area contributed by atoms with Crippen molar-refractivity contribution >= 4 is 47.3 Å². The molecule has 0 aliphatic carbocycles. The molecule has 2 saturated heterocycles. The van der Waals surface area contributed by atoms with E-state index in [4.69, 9.17) is 28.4 Å². The van der Waals surface area contributed by atoms with Crippen molar-refractivity contribution in [3.05, 3.63) is 144 Å². The predicted molar refractivity (Wildman–Crippen MR) is 301 cm³/mol. The summed E-state index contributed by atoms with van der Waals surface area (Å²) in [4.78, 5) is 79.7. The lowest BCUT2D eigenvalue weighted by molar-refractivity contribution is -0.119. The number of Topliss-reactive ketones (excluding diaryl/α,β-unsaturated/α-hetero) is 1. The Morgan fingerprint density at radius 1 is 0.513 bits per heavy atom. The van der Waals surface area contributed by atoms with E-state index in [-0.39, 0.29) is 43.0 Å². The number of carbonyl (C=O) groups is 6. The third-order valence-electron chi connectivity index (χ3n) is 11.9. The molecule has 422 valence electrons. The summed E-state index contributed by atoms with van der Waals surface area (Å²) in [6.45, 7) is 29.0. The van der Waals surface area contributed by atoms with Gasteiger partial charge in [0.2, 0.25) is 0 Å². The molecule has 2 heterocycles. The van der Waals surface area contributed by atoms with Crippen molar-refractivity contribution in [1.29, 1.82) is 0 Å². The number of carbonyl (C=O) groups excluding carboxylic acids is 6. The topological polar surface area (TPSA) is 188 Å². The Morgan fingerprint density at radius 3 is 1.33 bits per heavy atom. The van der Waals surface area contributed by atoms with Gasteiger partial charge in [-0.3, -0.25) is 30.0 Å². The highest BCUT2D eigenvalue weighted by Gasteiger charge is 2.52. The van der Waals surface area contributed by atoms with Gasteiger partial charge in [0.1, 0.15) is 51.8 Å². The molecule has 4 atom stereocenters. The van der Waals surface area contributed by atoms with Crippen LogP contribution in [0.25, 0.3) is 0 Å². The predicted octanol–water partition coefficient (Wildman–Crippen LogP) is 13.9.